The van der Waals surface area contributed by atoms with Crippen LogP contribution in [0.2, 0.25) is 0 Å². The van der Waals surface area contributed by atoms with Crippen molar-refractivity contribution in [3.8, 4) is 11.5 Å². The maximum Gasteiger partial charge on any atom is 0.241 e. The zero-order valence-electron chi connectivity index (χ0n) is 14.9. The fourth-order valence-corrected chi connectivity index (χ4v) is 2.72. The van der Waals surface area contributed by atoms with Gasteiger partial charge in [-0.1, -0.05) is 29.8 Å². The summed E-state index contributed by atoms with van der Waals surface area (Å²) in [5.41, 5.74) is 1.97. The third kappa shape index (κ3) is 4.31. The molecule has 2 aromatic rings. The summed E-state index contributed by atoms with van der Waals surface area (Å²) < 4.78 is 11.7. The second kappa shape index (κ2) is 7.57. The molecule has 0 fully saturated rings. The Morgan fingerprint density at radius 2 is 1.88 bits per heavy atom. The number of carbonyl (C=O) groups excluding carboxylic acids is 1. The maximum absolute atomic E-state index is 12.5. The Morgan fingerprint density at radius 3 is 2.60 bits per heavy atom. The third-order valence-electron chi connectivity index (χ3n) is 4.42. The molecule has 5 nitrogen and oxygen atoms in total. The highest BCUT2D eigenvalue weighted by atomic mass is 16.6. The van der Waals surface area contributed by atoms with Crippen molar-refractivity contribution in [3.63, 3.8) is 0 Å². The number of nitrogens with one attached hydrogen (secondary N) is 1. The number of anilines is 1. The average molecular weight is 340 g/mol. The lowest BCUT2D eigenvalue weighted by molar-refractivity contribution is -0.120. The minimum absolute atomic E-state index is 0.0384. The number of para-hydroxylation sites is 2. The minimum Gasteiger partial charge on any atom is -0.486 e. The number of hydrogen-bond acceptors (Lipinski definition) is 4. The molecular weight excluding hydrogens is 316 g/mol. The Morgan fingerprint density at radius 1 is 1.20 bits per heavy atom. The van der Waals surface area contributed by atoms with Crippen LogP contribution in [0.1, 0.15) is 12.5 Å². The van der Waals surface area contributed by atoms with Crippen LogP contribution in [-0.4, -0.2) is 43.2 Å². The van der Waals surface area contributed by atoms with E-state index in [4.69, 9.17) is 9.47 Å². The van der Waals surface area contributed by atoms with E-state index in [1.54, 1.807) is 0 Å². The van der Waals surface area contributed by atoms with Gasteiger partial charge in [0.2, 0.25) is 5.91 Å². The van der Waals surface area contributed by atoms with Crippen LogP contribution in [0.5, 0.6) is 11.5 Å². The van der Waals surface area contributed by atoms with Gasteiger partial charge < -0.3 is 14.8 Å². The van der Waals surface area contributed by atoms with E-state index in [9.17, 15) is 4.79 Å². The molecule has 1 aliphatic rings. The van der Waals surface area contributed by atoms with E-state index in [1.807, 2.05) is 74.3 Å². The number of rotatable bonds is 5. The van der Waals surface area contributed by atoms with Gasteiger partial charge in [0.1, 0.15) is 12.7 Å². The number of fused-ring (bicyclic) bond motifs is 1. The molecule has 132 valence electrons. The highest BCUT2D eigenvalue weighted by Gasteiger charge is 2.26. The van der Waals surface area contributed by atoms with Gasteiger partial charge in [-0.3, -0.25) is 9.69 Å². The van der Waals surface area contributed by atoms with E-state index < -0.39 is 0 Å². The molecule has 5 heteroatoms. The largest absolute Gasteiger partial charge is 0.486 e. The zero-order chi connectivity index (χ0) is 17.8. The Hall–Kier alpha value is -2.53. The zero-order valence-corrected chi connectivity index (χ0v) is 14.9. The summed E-state index contributed by atoms with van der Waals surface area (Å²) in [4.78, 5) is 14.4. The van der Waals surface area contributed by atoms with Crippen molar-refractivity contribution >= 4 is 11.6 Å². The molecule has 0 saturated heterocycles. The van der Waals surface area contributed by atoms with E-state index in [0.29, 0.717) is 13.2 Å². The quantitative estimate of drug-likeness (QED) is 0.909. The summed E-state index contributed by atoms with van der Waals surface area (Å²) in [6.45, 7) is 5.00. The molecule has 2 aromatic carbocycles. The molecule has 0 radical (unpaired) electrons. The highest BCUT2D eigenvalue weighted by molar-refractivity contribution is 5.94. The first kappa shape index (κ1) is 17.3. The number of ether oxygens (including phenoxy) is 2. The molecule has 1 amide bonds. The van der Waals surface area contributed by atoms with E-state index >= 15 is 0 Å². The third-order valence-corrected chi connectivity index (χ3v) is 4.42. The summed E-state index contributed by atoms with van der Waals surface area (Å²) in [6.07, 6.45) is -0.102. The molecule has 0 bridgehead atoms. The molecule has 0 saturated carbocycles. The molecule has 25 heavy (non-hydrogen) atoms. The van der Waals surface area contributed by atoms with Crippen molar-refractivity contribution in [2.75, 3.05) is 25.5 Å². The van der Waals surface area contributed by atoms with Gasteiger partial charge in [0.15, 0.2) is 11.5 Å². The van der Waals surface area contributed by atoms with Crippen LogP contribution >= 0.6 is 0 Å². The van der Waals surface area contributed by atoms with E-state index in [0.717, 1.165) is 22.7 Å². The van der Waals surface area contributed by atoms with Crippen LogP contribution < -0.4 is 14.8 Å². The number of carbonyl (C=O) groups is 1. The van der Waals surface area contributed by atoms with Crippen molar-refractivity contribution in [2.45, 2.75) is 26.0 Å². The van der Waals surface area contributed by atoms with Crippen LogP contribution in [0.15, 0.2) is 48.5 Å². The molecule has 1 aliphatic heterocycles. The first-order valence-electron chi connectivity index (χ1n) is 8.49. The Balaban J connectivity index is 1.54. The number of aryl methyl sites for hydroxylation is 1. The molecule has 1 heterocycles. The molecule has 3 rings (SSSR count). The van der Waals surface area contributed by atoms with Crippen molar-refractivity contribution < 1.29 is 14.3 Å². The van der Waals surface area contributed by atoms with Gasteiger partial charge >= 0.3 is 0 Å². The van der Waals surface area contributed by atoms with E-state index in [2.05, 4.69) is 5.32 Å². The van der Waals surface area contributed by atoms with Crippen LogP contribution in [0.25, 0.3) is 0 Å². The second-order valence-corrected chi connectivity index (χ2v) is 6.47. The van der Waals surface area contributed by atoms with Gasteiger partial charge in [-0.2, -0.15) is 0 Å². The predicted molar refractivity (Wildman–Crippen MR) is 98.3 cm³/mol. The van der Waals surface area contributed by atoms with Gasteiger partial charge in [-0.05, 0) is 45.2 Å². The van der Waals surface area contributed by atoms with Crippen LogP contribution in [-0.2, 0) is 4.79 Å². The number of likely N-dealkylation sites (N-methyl/N-ethyl adjacent to an activating group) is 1. The molecule has 0 aliphatic carbocycles. The summed E-state index contributed by atoms with van der Waals surface area (Å²) in [5, 5.41) is 2.95. The minimum atomic E-state index is -0.276. The molecular formula is C20H24N2O3. The summed E-state index contributed by atoms with van der Waals surface area (Å²) in [6, 6.07) is 15.1. The van der Waals surface area contributed by atoms with Gasteiger partial charge in [-0.25, -0.2) is 0 Å². The Labute approximate surface area is 148 Å². The summed E-state index contributed by atoms with van der Waals surface area (Å²) >= 11 is 0. The summed E-state index contributed by atoms with van der Waals surface area (Å²) in [7, 11) is 1.92. The van der Waals surface area contributed by atoms with E-state index in [-0.39, 0.29) is 18.1 Å². The van der Waals surface area contributed by atoms with Crippen LogP contribution in [0.4, 0.5) is 5.69 Å². The number of benzene rings is 2. The predicted octanol–water partition coefficient (Wildman–Crippen LogP) is 3.09. The lowest BCUT2D eigenvalue weighted by Gasteiger charge is -2.31. The lowest BCUT2D eigenvalue weighted by Crippen LogP contribution is -2.46. The number of amides is 1. The summed E-state index contributed by atoms with van der Waals surface area (Å²) in [5.74, 6) is 1.49. The Bertz CT molecular complexity index is 730. The SMILES string of the molecule is Cc1ccc(NC(=O)[C@H](C)N(C)C[C@@H]2COc3ccccc3O2)cc1. The number of nitrogens with zero attached hydrogens (tertiary/aromatic N) is 1. The molecule has 1 N–H and O–H groups in total. The maximum atomic E-state index is 12.5. The van der Waals surface area contributed by atoms with Crippen molar-refractivity contribution in [2.24, 2.45) is 0 Å². The number of hydrogen-bond donors (Lipinski definition) is 1. The highest BCUT2D eigenvalue weighted by Crippen LogP contribution is 2.31. The van der Waals surface area contributed by atoms with Gasteiger partial charge in [0.05, 0.1) is 6.04 Å². The van der Waals surface area contributed by atoms with Crippen molar-refractivity contribution in [1.29, 1.82) is 0 Å². The second-order valence-electron chi connectivity index (χ2n) is 6.47. The van der Waals surface area contributed by atoms with Gasteiger partial charge in [0, 0.05) is 12.2 Å². The Kier molecular flexibility index (Phi) is 5.24. The van der Waals surface area contributed by atoms with Crippen LogP contribution in [0.3, 0.4) is 0 Å². The van der Waals surface area contributed by atoms with Gasteiger partial charge in [0.25, 0.3) is 0 Å². The average Bonchev–Trinajstić information content (AvgIpc) is 2.62. The monoisotopic (exact) mass is 340 g/mol. The fourth-order valence-electron chi connectivity index (χ4n) is 2.72. The lowest BCUT2D eigenvalue weighted by atomic mass is 10.2. The molecule has 0 spiro atoms. The topological polar surface area (TPSA) is 50.8 Å². The fraction of sp³-hybridized carbons (Fsp3) is 0.350. The molecule has 0 aromatic heterocycles. The first-order valence-corrected chi connectivity index (χ1v) is 8.49. The van der Waals surface area contributed by atoms with Gasteiger partial charge in [-0.15, -0.1) is 0 Å². The molecule has 0 unspecified atom stereocenters. The smallest absolute Gasteiger partial charge is 0.241 e. The normalized spacial score (nSPS) is 17.2. The van der Waals surface area contributed by atoms with Crippen molar-refractivity contribution in [3.05, 3.63) is 54.1 Å². The van der Waals surface area contributed by atoms with Crippen LogP contribution in [0, 0.1) is 6.92 Å². The molecule has 2 atom stereocenters. The first-order chi connectivity index (χ1) is 12.0. The van der Waals surface area contributed by atoms with Crippen molar-refractivity contribution in [1.82, 2.24) is 4.90 Å². The van der Waals surface area contributed by atoms with E-state index in [1.165, 1.54) is 0 Å². The standard InChI is InChI=1S/C20H24N2O3/c1-14-8-10-16(11-9-14)21-20(23)15(2)22(3)12-17-13-24-18-6-4-5-7-19(18)25-17/h4-11,15,17H,12-13H2,1-3H3,(H,21,23)/t15-,17+/m0/s1.